The second kappa shape index (κ2) is 6.53. The van der Waals surface area contributed by atoms with Gasteiger partial charge in [0.25, 0.3) is 5.91 Å². The van der Waals surface area contributed by atoms with E-state index in [2.05, 4.69) is 26.8 Å². The maximum absolute atomic E-state index is 13.4. The first-order valence-electron chi connectivity index (χ1n) is 6.12. The van der Waals surface area contributed by atoms with Crippen molar-refractivity contribution in [1.29, 1.82) is 0 Å². The molecule has 2 rings (SSSR count). The van der Waals surface area contributed by atoms with Gasteiger partial charge in [0, 0.05) is 17.7 Å². The number of hydrogen-bond acceptors (Lipinski definition) is 2. The lowest BCUT2D eigenvalue weighted by molar-refractivity contribution is -0.121. The fraction of sp³-hybridized carbons (Fsp3) is 0.143. The molecule has 1 aromatic carbocycles. The number of aryl methyl sites for hydroxylation is 1. The van der Waals surface area contributed by atoms with E-state index in [1.165, 1.54) is 12.1 Å². The molecule has 0 unspecified atom stereocenters. The predicted octanol–water partition coefficient (Wildman–Crippen LogP) is 1.93. The van der Waals surface area contributed by atoms with Crippen molar-refractivity contribution in [3.05, 3.63) is 58.1 Å². The van der Waals surface area contributed by atoms with Crippen molar-refractivity contribution in [1.82, 2.24) is 15.4 Å². The number of carbonyl (C=O) groups excluding carboxylic acids is 2. The normalized spacial score (nSPS) is 10.2. The van der Waals surface area contributed by atoms with Gasteiger partial charge in [0.15, 0.2) is 0 Å². The summed E-state index contributed by atoms with van der Waals surface area (Å²) in [4.78, 5) is 23.5. The van der Waals surface area contributed by atoms with Crippen LogP contribution in [0.1, 0.15) is 16.1 Å². The molecule has 0 aliphatic heterocycles. The zero-order valence-electron chi connectivity index (χ0n) is 11.2. The third-order valence-electron chi connectivity index (χ3n) is 2.83. The smallest absolute Gasteiger partial charge is 0.286 e. The second-order valence-electron chi connectivity index (χ2n) is 4.42. The molecule has 0 saturated carbocycles. The highest BCUT2D eigenvalue weighted by Gasteiger charge is 2.13. The number of nitrogens with zero attached hydrogens (tertiary/aromatic N) is 1. The van der Waals surface area contributed by atoms with Gasteiger partial charge in [0.2, 0.25) is 5.91 Å². The number of hydrogen-bond donors (Lipinski definition) is 2. The Bertz CT molecular complexity index is 685. The van der Waals surface area contributed by atoms with E-state index in [4.69, 9.17) is 0 Å². The minimum absolute atomic E-state index is 0.149. The van der Waals surface area contributed by atoms with Gasteiger partial charge in [-0.1, -0.05) is 18.2 Å². The molecule has 5 nitrogen and oxygen atoms in total. The molecule has 0 aliphatic rings. The standard InChI is InChI=1S/C14H13BrFN3O2/c1-19-8-10(15)7-12(19)14(21)18-17-13(20)6-9-4-2-3-5-11(9)16/h2-5,7-8H,6H2,1H3,(H,17,20)(H,18,21). The average molecular weight is 354 g/mol. The fourth-order valence-electron chi connectivity index (χ4n) is 1.80. The van der Waals surface area contributed by atoms with Crippen LogP contribution in [0, 0.1) is 5.82 Å². The van der Waals surface area contributed by atoms with Gasteiger partial charge in [-0.25, -0.2) is 4.39 Å². The van der Waals surface area contributed by atoms with Gasteiger partial charge in [-0.05, 0) is 33.6 Å². The van der Waals surface area contributed by atoms with Crippen molar-refractivity contribution in [3.8, 4) is 0 Å². The van der Waals surface area contributed by atoms with Gasteiger partial charge in [-0.3, -0.25) is 20.4 Å². The first-order chi connectivity index (χ1) is 9.97. The van der Waals surface area contributed by atoms with Crippen molar-refractivity contribution in [2.45, 2.75) is 6.42 Å². The SMILES string of the molecule is Cn1cc(Br)cc1C(=O)NNC(=O)Cc1ccccc1F. The lowest BCUT2D eigenvalue weighted by atomic mass is 10.1. The number of rotatable bonds is 3. The number of aromatic nitrogens is 1. The Balaban J connectivity index is 1.91. The number of hydrazine groups is 1. The first kappa shape index (κ1) is 15.2. The lowest BCUT2D eigenvalue weighted by Crippen LogP contribution is -2.43. The van der Waals surface area contributed by atoms with Crippen LogP contribution in [-0.2, 0) is 18.3 Å². The highest BCUT2D eigenvalue weighted by Crippen LogP contribution is 2.13. The summed E-state index contributed by atoms with van der Waals surface area (Å²) in [5, 5.41) is 0. The summed E-state index contributed by atoms with van der Waals surface area (Å²) in [6, 6.07) is 7.61. The quantitative estimate of drug-likeness (QED) is 0.828. The van der Waals surface area contributed by atoms with Crippen LogP contribution in [-0.4, -0.2) is 16.4 Å². The van der Waals surface area contributed by atoms with Crippen LogP contribution < -0.4 is 10.9 Å². The third kappa shape index (κ3) is 3.91. The molecule has 110 valence electrons. The summed E-state index contributed by atoms with van der Waals surface area (Å²) in [5.74, 6) is -1.41. The van der Waals surface area contributed by atoms with Gasteiger partial charge >= 0.3 is 0 Å². The summed E-state index contributed by atoms with van der Waals surface area (Å²) in [7, 11) is 1.71. The molecule has 0 bridgehead atoms. The Hall–Kier alpha value is -2.15. The molecule has 1 aromatic heterocycles. The summed E-state index contributed by atoms with van der Waals surface area (Å²) in [6.45, 7) is 0. The molecule has 2 amide bonds. The summed E-state index contributed by atoms with van der Waals surface area (Å²) in [6.07, 6.45) is 1.57. The van der Waals surface area contributed by atoms with E-state index in [-0.39, 0.29) is 12.0 Å². The number of halogens is 2. The van der Waals surface area contributed by atoms with E-state index < -0.39 is 17.6 Å². The highest BCUT2D eigenvalue weighted by atomic mass is 79.9. The molecule has 0 aliphatic carbocycles. The molecule has 2 aromatic rings. The predicted molar refractivity (Wildman–Crippen MR) is 78.8 cm³/mol. The van der Waals surface area contributed by atoms with Gasteiger partial charge in [-0.2, -0.15) is 0 Å². The van der Waals surface area contributed by atoms with E-state index in [1.54, 1.807) is 36.0 Å². The van der Waals surface area contributed by atoms with Gasteiger partial charge in [0.1, 0.15) is 11.5 Å². The topological polar surface area (TPSA) is 63.1 Å². The number of nitrogens with one attached hydrogen (secondary N) is 2. The second-order valence-corrected chi connectivity index (χ2v) is 5.34. The molecule has 21 heavy (non-hydrogen) atoms. The number of amides is 2. The summed E-state index contributed by atoms with van der Waals surface area (Å²) < 4.78 is 15.8. The van der Waals surface area contributed by atoms with Crippen LogP contribution in [0.25, 0.3) is 0 Å². The van der Waals surface area contributed by atoms with Crippen LogP contribution in [0.3, 0.4) is 0 Å². The Labute approximate surface area is 129 Å². The molecule has 7 heteroatoms. The van der Waals surface area contributed by atoms with Crippen LogP contribution in [0.5, 0.6) is 0 Å². The fourth-order valence-corrected chi connectivity index (χ4v) is 2.32. The molecule has 2 N–H and O–H groups in total. The molecular formula is C14H13BrFN3O2. The summed E-state index contributed by atoms with van der Waals surface area (Å²) in [5.41, 5.74) is 5.20. The molecule has 0 fully saturated rings. The van der Waals surface area contributed by atoms with Gasteiger partial charge in [0.05, 0.1) is 6.42 Å². The molecule has 0 atom stereocenters. The van der Waals surface area contributed by atoms with Crippen LogP contribution in [0.15, 0.2) is 41.0 Å². The van der Waals surface area contributed by atoms with Gasteiger partial charge < -0.3 is 4.57 Å². The molecule has 0 saturated heterocycles. The molecule has 0 spiro atoms. The van der Waals surface area contributed by atoms with E-state index in [0.29, 0.717) is 5.69 Å². The maximum Gasteiger partial charge on any atom is 0.286 e. The highest BCUT2D eigenvalue weighted by molar-refractivity contribution is 9.10. The minimum Gasteiger partial charge on any atom is -0.345 e. The van der Waals surface area contributed by atoms with Crippen molar-refractivity contribution in [2.75, 3.05) is 0 Å². The van der Waals surface area contributed by atoms with E-state index in [9.17, 15) is 14.0 Å². The Morgan fingerprint density at radius 1 is 1.29 bits per heavy atom. The van der Waals surface area contributed by atoms with Crippen LogP contribution >= 0.6 is 15.9 Å². The molecule has 0 radical (unpaired) electrons. The first-order valence-corrected chi connectivity index (χ1v) is 6.91. The van der Waals surface area contributed by atoms with E-state index in [1.807, 2.05) is 0 Å². The van der Waals surface area contributed by atoms with Crippen LogP contribution in [0.4, 0.5) is 4.39 Å². The van der Waals surface area contributed by atoms with Crippen LogP contribution in [0.2, 0.25) is 0 Å². The average Bonchev–Trinajstić information content (AvgIpc) is 2.78. The molecular weight excluding hydrogens is 341 g/mol. The lowest BCUT2D eigenvalue weighted by Gasteiger charge is -2.08. The minimum atomic E-state index is -0.498. The Morgan fingerprint density at radius 3 is 2.62 bits per heavy atom. The van der Waals surface area contributed by atoms with Crippen molar-refractivity contribution in [3.63, 3.8) is 0 Å². The third-order valence-corrected chi connectivity index (χ3v) is 3.26. The Morgan fingerprint density at radius 2 is 2.00 bits per heavy atom. The largest absolute Gasteiger partial charge is 0.345 e. The van der Waals surface area contributed by atoms with Crippen molar-refractivity contribution in [2.24, 2.45) is 7.05 Å². The Kier molecular flexibility index (Phi) is 4.74. The zero-order valence-corrected chi connectivity index (χ0v) is 12.8. The summed E-state index contributed by atoms with van der Waals surface area (Å²) >= 11 is 3.25. The van der Waals surface area contributed by atoms with E-state index in [0.717, 1.165) is 4.47 Å². The molecule has 1 heterocycles. The van der Waals surface area contributed by atoms with Crippen molar-refractivity contribution >= 4 is 27.7 Å². The monoisotopic (exact) mass is 353 g/mol. The van der Waals surface area contributed by atoms with Gasteiger partial charge in [-0.15, -0.1) is 0 Å². The maximum atomic E-state index is 13.4. The number of benzene rings is 1. The number of carbonyl (C=O) groups is 2. The van der Waals surface area contributed by atoms with Crippen molar-refractivity contribution < 1.29 is 14.0 Å². The van der Waals surface area contributed by atoms with E-state index >= 15 is 0 Å². The zero-order chi connectivity index (χ0) is 15.4.